The Morgan fingerprint density at radius 1 is 1.20 bits per heavy atom. The topological polar surface area (TPSA) is 18.5 Å². The molecule has 88 valence electrons. The molecule has 2 heterocycles. The minimum absolute atomic E-state index is 0.172. The Hall–Kier alpha value is -0.0800. The zero-order valence-corrected chi connectivity index (χ0v) is 9.96. The van der Waals surface area contributed by atoms with Crippen LogP contribution in [0.25, 0.3) is 0 Å². The number of rotatable bonds is 3. The Morgan fingerprint density at radius 3 is 2.80 bits per heavy atom. The Balaban J connectivity index is 1.85. The average molecular weight is 212 g/mol. The van der Waals surface area contributed by atoms with Crippen molar-refractivity contribution in [3.63, 3.8) is 0 Å². The highest BCUT2D eigenvalue weighted by Gasteiger charge is 2.39. The fourth-order valence-electron chi connectivity index (χ4n) is 2.77. The molecular formula is C13H24O2. The maximum absolute atomic E-state index is 6.19. The minimum Gasteiger partial charge on any atom is -0.350 e. The molecule has 2 aliphatic heterocycles. The molecule has 2 aliphatic rings. The van der Waals surface area contributed by atoms with E-state index < -0.39 is 0 Å². The predicted octanol–water partition coefficient (Wildman–Crippen LogP) is 3.64. The van der Waals surface area contributed by atoms with Crippen molar-refractivity contribution in [2.24, 2.45) is 0 Å². The maximum atomic E-state index is 6.19. The first-order valence-corrected chi connectivity index (χ1v) is 6.66. The molecule has 0 N–H and O–H groups in total. The molecule has 2 atom stereocenters. The Labute approximate surface area is 93.3 Å². The van der Waals surface area contributed by atoms with Gasteiger partial charge in [0.15, 0.2) is 5.79 Å². The fraction of sp³-hybridized carbons (Fsp3) is 1.00. The van der Waals surface area contributed by atoms with Crippen molar-refractivity contribution in [3.8, 4) is 0 Å². The number of hydrogen-bond donors (Lipinski definition) is 0. The first-order chi connectivity index (χ1) is 7.35. The second kappa shape index (κ2) is 5.31. The Bertz CT molecular complexity index is 179. The van der Waals surface area contributed by atoms with Crippen LogP contribution in [-0.4, -0.2) is 18.5 Å². The van der Waals surface area contributed by atoms with E-state index in [0.29, 0.717) is 6.10 Å². The quantitative estimate of drug-likeness (QED) is 0.711. The van der Waals surface area contributed by atoms with Crippen molar-refractivity contribution in [3.05, 3.63) is 0 Å². The molecule has 2 fully saturated rings. The fourth-order valence-corrected chi connectivity index (χ4v) is 2.77. The van der Waals surface area contributed by atoms with Crippen molar-refractivity contribution in [1.82, 2.24) is 0 Å². The van der Waals surface area contributed by atoms with Crippen molar-refractivity contribution < 1.29 is 9.47 Å². The van der Waals surface area contributed by atoms with Gasteiger partial charge in [-0.15, -0.1) is 0 Å². The zero-order chi connectivity index (χ0) is 10.6. The van der Waals surface area contributed by atoms with Crippen LogP contribution in [0.3, 0.4) is 0 Å². The third-order valence-electron chi connectivity index (χ3n) is 3.66. The number of ether oxygens (including phenoxy) is 2. The summed E-state index contributed by atoms with van der Waals surface area (Å²) < 4.78 is 12.1. The van der Waals surface area contributed by atoms with Crippen LogP contribution in [-0.2, 0) is 9.47 Å². The summed E-state index contributed by atoms with van der Waals surface area (Å²) in [6.07, 6.45) is 11.5. The second-order valence-corrected chi connectivity index (χ2v) is 4.99. The van der Waals surface area contributed by atoms with E-state index in [1.807, 2.05) is 0 Å². The SMILES string of the molecule is CCCCC1CCCC2(CCCCO2)O1. The molecule has 1 spiro atoms. The third-order valence-corrected chi connectivity index (χ3v) is 3.66. The standard InChI is InChI=1S/C13H24O2/c1-2-3-7-12-8-6-10-13(15-12)9-4-5-11-14-13/h12H,2-11H2,1H3. The monoisotopic (exact) mass is 212 g/mol. The van der Waals surface area contributed by atoms with Gasteiger partial charge in [-0.25, -0.2) is 0 Å². The van der Waals surface area contributed by atoms with Gasteiger partial charge in [-0.1, -0.05) is 19.8 Å². The van der Waals surface area contributed by atoms with E-state index in [9.17, 15) is 0 Å². The molecule has 0 aromatic rings. The highest BCUT2D eigenvalue weighted by Crippen LogP contribution is 2.37. The molecule has 0 aromatic heterocycles. The van der Waals surface area contributed by atoms with E-state index in [1.54, 1.807) is 0 Å². The van der Waals surface area contributed by atoms with Gasteiger partial charge in [0, 0.05) is 12.8 Å². The first kappa shape index (κ1) is 11.4. The molecule has 2 unspecified atom stereocenters. The van der Waals surface area contributed by atoms with E-state index in [-0.39, 0.29) is 5.79 Å². The smallest absolute Gasteiger partial charge is 0.168 e. The van der Waals surface area contributed by atoms with Crippen LogP contribution in [0, 0.1) is 0 Å². The summed E-state index contributed by atoms with van der Waals surface area (Å²) in [6, 6.07) is 0. The van der Waals surface area contributed by atoms with Crippen molar-refractivity contribution >= 4 is 0 Å². The van der Waals surface area contributed by atoms with Crippen LogP contribution in [0.4, 0.5) is 0 Å². The van der Waals surface area contributed by atoms with Gasteiger partial charge in [-0.05, 0) is 32.1 Å². The summed E-state index contributed by atoms with van der Waals surface area (Å²) in [5.74, 6) is -0.172. The van der Waals surface area contributed by atoms with Gasteiger partial charge >= 0.3 is 0 Å². The van der Waals surface area contributed by atoms with E-state index in [4.69, 9.17) is 9.47 Å². The van der Waals surface area contributed by atoms with Crippen LogP contribution in [0.1, 0.15) is 64.7 Å². The van der Waals surface area contributed by atoms with Crippen LogP contribution in [0.15, 0.2) is 0 Å². The lowest BCUT2D eigenvalue weighted by atomic mass is 9.93. The van der Waals surface area contributed by atoms with Crippen molar-refractivity contribution in [2.45, 2.75) is 76.6 Å². The van der Waals surface area contributed by atoms with Crippen LogP contribution in [0.2, 0.25) is 0 Å². The molecule has 0 bridgehead atoms. The molecule has 2 heteroatoms. The van der Waals surface area contributed by atoms with E-state index in [0.717, 1.165) is 19.4 Å². The molecule has 0 aliphatic carbocycles. The van der Waals surface area contributed by atoms with E-state index in [2.05, 4.69) is 6.92 Å². The van der Waals surface area contributed by atoms with Crippen molar-refractivity contribution in [2.75, 3.05) is 6.61 Å². The lowest BCUT2D eigenvalue weighted by Gasteiger charge is -2.43. The molecule has 2 nitrogen and oxygen atoms in total. The highest BCUT2D eigenvalue weighted by molar-refractivity contribution is 4.80. The van der Waals surface area contributed by atoms with Crippen LogP contribution in [0.5, 0.6) is 0 Å². The molecule has 0 radical (unpaired) electrons. The van der Waals surface area contributed by atoms with Gasteiger partial charge < -0.3 is 9.47 Å². The summed E-state index contributed by atoms with van der Waals surface area (Å²) in [5.41, 5.74) is 0. The first-order valence-electron chi connectivity index (χ1n) is 6.66. The lowest BCUT2D eigenvalue weighted by Crippen LogP contribution is -2.45. The van der Waals surface area contributed by atoms with Gasteiger partial charge in [0.05, 0.1) is 12.7 Å². The molecule has 0 saturated carbocycles. The van der Waals surface area contributed by atoms with Gasteiger partial charge in [0.1, 0.15) is 0 Å². The lowest BCUT2D eigenvalue weighted by molar-refractivity contribution is -0.295. The Morgan fingerprint density at radius 2 is 2.07 bits per heavy atom. The summed E-state index contributed by atoms with van der Waals surface area (Å²) in [6.45, 7) is 3.15. The average Bonchev–Trinajstić information content (AvgIpc) is 2.28. The molecule has 0 aromatic carbocycles. The molecule has 2 rings (SSSR count). The number of hydrogen-bond acceptors (Lipinski definition) is 2. The van der Waals surface area contributed by atoms with E-state index in [1.165, 1.54) is 44.9 Å². The molecule has 0 amide bonds. The Kier molecular flexibility index (Phi) is 4.04. The second-order valence-electron chi connectivity index (χ2n) is 4.99. The third kappa shape index (κ3) is 2.94. The molecule has 15 heavy (non-hydrogen) atoms. The maximum Gasteiger partial charge on any atom is 0.168 e. The summed E-state index contributed by atoms with van der Waals surface area (Å²) in [7, 11) is 0. The number of unbranched alkanes of at least 4 members (excludes halogenated alkanes) is 1. The van der Waals surface area contributed by atoms with Crippen molar-refractivity contribution in [1.29, 1.82) is 0 Å². The van der Waals surface area contributed by atoms with Gasteiger partial charge in [-0.3, -0.25) is 0 Å². The zero-order valence-electron chi connectivity index (χ0n) is 9.96. The predicted molar refractivity (Wildman–Crippen MR) is 60.8 cm³/mol. The molecular weight excluding hydrogens is 188 g/mol. The normalized spacial score (nSPS) is 37.0. The van der Waals surface area contributed by atoms with Gasteiger partial charge in [-0.2, -0.15) is 0 Å². The largest absolute Gasteiger partial charge is 0.350 e. The van der Waals surface area contributed by atoms with Crippen LogP contribution >= 0.6 is 0 Å². The molecule has 2 saturated heterocycles. The van der Waals surface area contributed by atoms with Gasteiger partial charge in [0.2, 0.25) is 0 Å². The summed E-state index contributed by atoms with van der Waals surface area (Å²) in [4.78, 5) is 0. The van der Waals surface area contributed by atoms with E-state index >= 15 is 0 Å². The van der Waals surface area contributed by atoms with Crippen LogP contribution < -0.4 is 0 Å². The summed E-state index contributed by atoms with van der Waals surface area (Å²) >= 11 is 0. The highest BCUT2D eigenvalue weighted by atomic mass is 16.7. The summed E-state index contributed by atoms with van der Waals surface area (Å²) in [5, 5.41) is 0. The minimum atomic E-state index is -0.172. The van der Waals surface area contributed by atoms with Gasteiger partial charge in [0.25, 0.3) is 0 Å².